The van der Waals surface area contributed by atoms with Crippen LogP contribution in [0.3, 0.4) is 0 Å². The number of anilines is 1. The van der Waals surface area contributed by atoms with Gasteiger partial charge in [-0.15, -0.1) is 0 Å². The number of aryl methyl sites for hydroxylation is 1. The van der Waals surface area contributed by atoms with Crippen molar-refractivity contribution < 1.29 is 22.8 Å². The lowest BCUT2D eigenvalue weighted by atomic mass is 9.85. The monoisotopic (exact) mass is 551 g/mol. The van der Waals surface area contributed by atoms with Gasteiger partial charge in [0.2, 0.25) is 11.8 Å². The van der Waals surface area contributed by atoms with Crippen LogP contribution in [0.5, 0.6) is 0 Å². The van der Waals surface area contributed by atoms with Crippen LogP contribution in [0, 0.1) is 11.7 Å². The minimum atomic E-state index is -2.73. The third kappa shape index (κ3) is 5.54. The van der Waals surface area contributed by atoms with Crippen molar-refractivity contribution in [3.8, 4) is 0 Å². The molecule has 3 aliphatic carbocycles. The average Bonchev–Trinajstić information content (AvgIpc) is 3.30. The molecule has 2 unspecified atom stereocenters. The van der Waals surface area contributed by atoms with E-state index in [0.717, 1.165) is 17.7 Å². The molecule has 8 heteroatoms. The molecule has 212 valence electrons. The number of hydrogen-bond acceptors (Lipinski definition) is 3. The van der Waals surface area contributed by atoms with Crippen molar-refractivity contribution in [3.05, 3.63) is 89.4 Å². The number of amides is 2. The zero-order chi connectivity index (χ0) is 28.5. The molecule has 0 spiro atoms. The number of nitrogens with one attached hydrogen (secondary N) is 1. The van der Waals surface area contributed by atoms with E-state index < -0.39 is 29.2 Å². The van der Waals surface area contributed by atoms with Crippen LogP contribution in [0.15, 0.2) is 72.5 Å². The van der Waals surface area contributed by atoms with E-state index in [0.29, 0.717) is 24.3 Å². The van der Waals surface area contributed by atoms with Crippen LogP contribution in [0.1, 0.15) is 56.6 Å². The van der Waals surface area contributed by atoms with E-state index in [1.165, 1.54) is 23.1 Å². The van der Waals surface area contributed by atoms with E-state index in [9.17, 15) is 22.8 Å². The standard InChI is InChI=1S/C32H36F3N3O2/c1-22-7-5-10-26(19-22)37(2)21-29(39)38(27-11-6-9-24(33)20-27)32(18-13-23-8-3-4-12-28(23)32)30(40)36-25-14-16-31(34,35)17-15-25/h3-12,20,22,25H,13-19,21H2,1-2H3,(H,36,40). The summed E-state index contributed by atoms with van der Waals surface area (Å²) in [6, 6.07) is 12.8. The van der Waals surface area contributed by atoms with Crippen molar-refractivity contribution in [2.45, 2.75) is 69.4 Å². The molecule has 2 aromatic rings. The van der Waals surface area contributed by atoms with Gasteiger partial charge in [-0.05, 0) is 73.4 Å². The second-order valence-electron chi connectivity index (χ2n) is 11.4. The Kier molecular flexibility index (Phi) is 7.80. The van der Waals surface area contributed by atoms with Crippen LogP contribution in [-0.4, -0.2) is 42.3 Å². The first-order valence-electron chi connectivity index (χ1n) is 14.0. The lowest BCUT2D eigenvalue weighted by molar-refractivity contribution is -0.132. The van der Waals surface area contributed by atoms with Gasteiger partial charge in [0.05, 0.1) is 6.54 Å². The maximum Gasteiger partial charge on any atom is 0.251 e. The number of alkyl halides is 2. The molecule has 3 aliphatic rings. The molecule has 0 radical (unpaired) electrons. The van der Waals surface area contributed by atoms with Crippen LogP contribution >= 0.6 is 0 Å². The molecular formula is C32H36F3N3O2. The Balaban J connectivity index is 1.55. The van der Waals surface area contributed by atoms with Crippen molar-refractivity contribution in [3.63, 3.8) is 0 Å². The van der Waals surface area contributed by atoms with Gasteiger partial charge in [0.15, 0.2) is 5.54 Å². The van der Waals surface area contributed by atoms with Gasteiger partial charge in [0.1, 0.15) is 5.82 Å². The van der Waals surface area contributed by atoms with Crippen molar-refractivity contribution in [1.82, 2.24) is 10.2 Å². The minimum absolute atomic E-state index is 0.0181. The van der Waals surface area contributed by atoms with Gasteiger partial charge < -0.3 is 10.2 Å². The van der Waals surface area contributed by atoms with E-state index in [4.69, 9.17) is 0 Å². The molecule has 0 heterocycles. The zero-order valence-corrected chi connectivity index (χ0v) is 23.0. The molecule has 1 N–H and O–H groups in total. The number of rotatable bonds is 7. The number of carbonyl (C=O) groups is 2. The number of hydrogen-bond donors (Lipinski definition) is 1. The Morgan fingerprint density at radius 3 is 2.52 bits per heavy atom. The van der Waals surface area contributed by atoms with Gasteiger partial charge in [0.25, 0.3) is 5.91 Å². The summed E-state index contributed by atoms with van der Waals surface area (Å²) in [5, 5.41) is 3.03. The maximum absolute atomic E-state index is 14.6. The van der Waals surface area contributed by atoms with Crippen molar-refractivity contribution in [2.24, 2.45) is 5.92 Å². The Morgan fingerprint density at radius 2 is 1.80 bits per heavy atom. The normalized spacial score (nSPS) is 23.7. The highest BCUT2D eigenvalue weighted by Crippen LogP contribution is 2.45. The van der Waals surface area contributed by atoms with E-state index in [-0.39, 0.29) is 43.8 Å². The highest BCUT2D eigenvalue weighted by Gasteiger charge is 2.53. The first-order chi connectivity index (χ1) is 19.1. The maximum atomic E-state index is 14.6. The Labute approximate surface area is 233 Å². The topological polar surface area (TPSA) is 52.7 Å². The third-order valence-corrected chi connectivity index (χ3v) is 8.47. The molecule has 5 nitrogen and oxygen atoms in total. The molecule has 5 rings (SSSR count). The number of carbonyl (C=O) groups excluding carboxylic acids is 2. The minimum Gasteiger partial charge on any atom is -0.369 e. The van der Waals surface area contributed by atoms with E-state index >= 15 is 0 Å². The fourth-order valence-electron chi connectivity index (χ4n) is 6.32. The highest BCUT2D eigenvalue weighted by molar-refractivity contribution is 6.05. The summed E-state index contributed by atoms with van der Waals surface area (Å²) in [4.78, 5) is 32.0. The predicted octanol–water partition coefficient (Wildman–Crippen LogP) is 6.11. The summed E-state index contributed by atoms with van der Waals surface area (Å²) in [6.45, 7) is 2.09. The lowest BCUT2D eigenvalue weighted by Crippen LogP contribution is -2.61. The van der Waals surface area contributed by atoms with Gasteiger partial charge in [-0.3, -0.25) is 14.5 Å². The molecule has 2 amide bonds. The van der Waals surface area contributed by atoms with Gasteiger partial charge in [0, 0.05) is 37.3 Å². The Hall–Kier alpha value is -3.55. The van der Waals surface area contributed by atoms with Crippen LogP contribution in [0.4, 0.5) is 18.9 Å². The van der Waals surface area contributed by atoms with Crippen LogP contribution in [0.2, 0.25) is 0 Å². The van der Waals surface area contributed by atoms with E-state index in [2.05, 4.69) is 18.3 Å². The summed E-state index contributed by atoms with van der Waals surface area (Å²) < 4.78 is 42.3. The van der Waals surface area contributed by atoms with E-state index in [1.807, 2.05) is 48.4 Å². The van der Waals surface area contributed by atoms with E-state index in [1.54, 1.807) is 6.07 Å². The summed E-state index contributed by atoms with van der Waals surface area (Å²) in [7, 11) is 1.84. The largest absolute Gasteiger partial charge is 0.369 e. The van der Waals surface area contributed by atoms with Crippen LogP contribution in [-0.2, 0) is 21.5 Å². The third-order valence-electron chi connectivity index (χ3n) is 8.47. The fraction of sp³-hybridized carbons (Fsp3) is 0.438. The molecule has 1 saturated carbocycles. The molecule has 0 saturated heterocycles. The number of fused-ring (bicyclic) bond motifs is 1. The quantitative estimate of drug-likeness (QED) is 0.452. The predicted molar refractivity (Wildman–Crippen MR) is 149 cm³/mol. The van der Waals surface area contributed by atoms with Gasteiger partial charge in [-0.2, -0.15) is 0 Å². The molecule has 40 heavy (non-hydrogen) atoms. The second-order valence-corrected chi connectivity index (χ2v) is 11.4. The van der Waals surface area contributed by atoms with Crippen molar-refractivity contribution in [2.75, 3.05) is 18.5 Å². The SMILES string of the molecule is CC1C=CC=C(N(C)CC(=O)N(c2cccc(F)c2)C2(C(=O)NC3CCC(F)(F)CC3)CCc3ccccc32)C1. The van der Waals surface area contributed by atoms with Gasteiger partial charge >= 0.3 is 0 Å². The lowest BCUT2D eigenvalue weighted by Gasteiger charge is -2.43. The van der Waals surface area contributed by atoms with Crippen molar-refractivity contribution in [1.29, 1.82) is 0 Å². The smallest absolute Gasteiger partial charge is 0.251 e. The molecule has 0 aromatic heterocycles. The molecule has 2 aromatic carbocycles. The molecule has 2 atom stereocenters. The molecule has 0 aliphatic heterocycles. The first kappa shape index (κ1) is 28.0. The average molecular weight is 552 g/mol. The number of halogens is 3. The Bertz CT molecular complexity index is 1330. The summed E-state index contributed by atoms with van der Waals surface area (Å²) >= 11 is 0. The Morgan fingerprint density at radius 1 is 1.05 bits per heavy atom. The summed E-state index contributed by atoms with van der Waals surface area (Å²) in [5.74, 6) is -3.68. The molecule has 1 fully saturated rings. The van der Waals surface area contributed by atoms with Gasteiger partial charge in [-0.1, -0.05) is 49.4 Å². The highest BCUT2D eigenvalue weighted by atomic mass is 19.3. The van der Waals surface area contributed by atoms with Crippen molar-refractivity contribution >= 4 is 17.5 Å². The molecule has 0 bridgehead atoms. The first-order valence-corrected chi connectivity index (χ1v) is 14.0. The van der Waals surface area contributed by atoms with Crippen LogP contribution in [0.25, 0.3) is 0 Å². The zero-order valence-electron chi connectivity index (χ0n) is 23.0. The second kappa shape index (κ2) is 11.1. The number of allylic oxidation sites excluding steroid dienone is 4. The number of benzene rings is 2. The van der Waals surface area contributed by atoms with Gasteiger partial charge in [-0.25, -0.2) is 13.2 Å². The molecular weight excluding hydrogens is 515 g/mol. The van der Waals surface area contributed by atoms with Crippen LogP contribution < -0.4 is 10.2 Å². The fourth-order valence-corrected chi connectivity index (χ4v) is 6.32. The summed E-state index contributed by atoms with van der Waals surface area (Å²) in [6.07, 6.45) is 7.43. The number of likely N-dealkylation sites (N-methyl/N-ethyl adjacent to an activating group) is 1. The summed E-state index contributed by atoms with van der Waals surface area (Å²) in [5.41, 5.74) is 1.45. The number of nitrogens with zero attached hydrogens (tertiary/aromatic N) is 2.